The smallest absolute Gasteiger partial charge is 0.0591 e. The first-order valence-corrected chi connectivity index (χ1v) is 7.13. The van der Waals surface area contributed by atoms with Crippen molar-refractivity contribution in [2.24, 2.45) is 0 Å². The Kier molecular flexibility index (Phi) is 3.60. The van der Waals surface area contributed by atoms with Crippen LogP contribution >= 0.6 is 0 Å². The van der Waals surface area contributed by atoms with Crippen LogP contribution in [-0.2, 0) is 12.8 Å². The van der Waals surface area contributed by atoms with Crippen LogP contribution in [0.1, 0.15) is 41.6 Å². The van der Waals surface area contributed by atoms with Crippen molar-refractivity contribution >= 4 is 0 Å². The Bertz CT molecular complexity index is 548. The molecule has 0 amide bonds. The van der Waals surface area contributed by atoms with Gasteiger partial charge in [0.1, 0.15) is 0 Å². The molecule has 0 aliphatic heterocycles. The number of hydrogen-bond donors (Lipinski definition) is 1. The van der Waals surface area contributed by atoms with Crippen molar-refractivity contribution in [1.82, 2.24) is 10.3 Å². The molecule has 0 saturated carbocycles. The topological polar surface area (TPSA) is 24.9 Å². The fraction of sp³-hybridized carbons (Fsp3) is 0.353. The van der Waals surface area contributed by atoms with Crippen molar-refractivity contribution in [2.45, 2.75) is 32.2 Å². The maximum absolute atomic E-state index is 4.25. The second-order valence-corrected chi connectivity index (χ2v) is 5.16. The predicted molar refractivity (Wildman–Crippen MR) is 78.2 cm³/mol. The summed E-state index contributed by atoms with van der Waals surface area (Å²) in [5, 5.41) is 3.57. The third kappa shape index (κ3) is 2.54. The minimum absolute atomic E-state index is 0.254. The van der Waals surface area contributed by atoms with Crippen LogP contribution < -0.4 is 5.32 Å². The van der Waals surface area contributed by atoms with Gasteiger partial charge in [0.25, 0.3) is 0 Å². The van der Waals surface area contributed by atoms with E-state index >= 15 is 0 Å². The van der Waals surface area contributed by atoms with Crippen molar-refractivity contribution in [2.75, 3.05) is 6.54 Å². The molecule has 19 heavy (non-hydrogen) atoms. The highest BCUT2D eigenvalue weighted by atomic mass is 14.9. The minimum atomic E-state index is 0.254. The van der Waals surface area contributed by atoms with Gasteiger partial charge < -0.3 is 5.32 Å². The molecule has 3 rings (SSSR count). The van der Waals surface area contributed by atoms with Crippen LogP contribution in [0.5, 0.6) is 0 Å². The highest BCUT2D eigenvalue weighted by Gasteiger charge is 2.16. The third-order valence-electron chi connectivity index (χ3n) is 3.88. The Morgan fingerprint density at radius 3 is 2.84 bits per heavy atom. The third-order valence-corrected chi connectivity index (χ3v) is 3.88. The van der Waals surface area contributed by atoms with Gasteiger partial charge in [-0.15, -0.1) is 0 Å². The van der Waals surface area contributed by atoms with E-state index in [1.54, 1.807) is 0 Å². The summed E-state index contributed by atoms with van der Waals surface area (Å²) >= 11 is 0. The number of aryl methyl sites for hydroxylation is 2. The van der Waals surface area contributed by atoms with Crippen LogP contribution in [0.4, 0.5) is 0 Å². The number of aromatic nitrogens is 1. The normalized spacial score (nSPS) is 15.2. The number of benzene rings is 1. The molecule has 2 aromatic rings. The Morgan fingerprint density at radius 2 is 2.05 bits per heavy atom. The van der Waals surface area contributed by atoms with E-state index in [9.17, 15) is 0 Å². The molecule has 0 fully saturated rings. The van der Waals surface area contributed by atoms with Gasteiger partial charge in [-0.2, -0.15) is 0 Å². The average Bonchev–Trinajstić information content (AvgIpc) is 2.93. The highest BCUT2D eigenvalue weighted by molar-refractivity contribution is 5.39. The van der Waals surface area contributed by atoms with Crippen molar-refractivity contribution in [3.63, 3.8) is 0 Å². The predicted octanol–water partition coefficient (Wildman–Crippen LogP) is 3.27. The van der Waals surface area contributed by atoms with Crippen molar-refractivity contribution in [1.29, 1.82) is 0 Å². The molecular weight excluding hydrogens is 232 g/mol. The maximum Gasteiger partial charge on any atom is 0.0591 e. The zero-order valence-corrected chi connectivity index (χ0v) is 11.4. The summed E-state index contributed by atoms with van der Waals surface area (Å²) in [5.41, 5.74) is 5.66. The zero-order valence-electron chi connectivity index (χ0n) is 11.4. The lowest BCUT2D eigenvalue weighted by molar-refractivity contribution is 0.628. The van der Waals surface area contributed by atoms with Crippen LogP contribution in [-0.4, -0.2) is 11.5 Å². The molecule has 1 N–H and O–H groups in total. The molecule has 1 aliphatic rings. The molecule has 1 aromatic carbocycles. The maximum atomic E-state index is 4.25. The van der Waals surface area contributed by atoms with E-state index in [-0.39, 0.29) is 6.04 Å². The van der Waals surface area contributed by atoms with E-state index in [1.807, 2.05) is 18.5 Å². The molecule has 0 bridgehead atoms. The summed E-state index contributed by atoms with van der Waals surface area (Å²) in [5.74, 6) is 0. The molecule has 1 unspecified atom stereocenters. The summed E-state index contributed by atoms with van der Waals surface area (Å²) in [6.45, 7) is 3.10. The molecule has 0 radical (unpaired) electrons. The fourth-order valence-corrected chi connectivity index (χ4v) is 2.95. The van der Waals surface area contributed by atoms with Crippen LogP contribution in [0, 0.1) is 0 Å². The summed E-state index contributed by atoms with van der Waals surface area (Å²) < 4.78 is 0. The van der Waals surface area contributed by atoms with Gasteiger partial charge in [-0.05, 0) is 54.1 Å². The molecule has 98 valence electrons. The van der Waals surface area contributed by atoms with Gasteiger partial charge in [0, 0.05) is 12.4 Å². The van der Waals surface area contributed by atoms with Crippen molar-refractivity contribution in [3.8, 4) is 0 Å². The second kappa shape index (κ2) is 5.54. The van der Waals surface area contributed by atoms with E-state index in [0.717, 1.165) is 6.54 Å². The number of rotatable bonds is 4. The number of nitrogens with one attached hydrogen (secondary N) is 1. The molecule has 1 aromatic heterocycles. The molecule has 1 heterocycles. The highest BCUT2D eigenvalue weighted by Crippen LogP contribution is 2.28. The molecule has 1 aliphatic carbocycles. The first kappa shape index (κ1) is 12.4. The summed E-state index contributed by atoms with van der Waals surface area (Å²) in [6.07, 6.45) is 7.57. The monoisotopic (exact) mass is 252 g/mol. The number of nitrogens with zero attached hydrogens (tertiary/aromatic N) is 1. The fourth-order valence-electron chi connectivity index (χ4n) is 2.95. The van der Waals surface area contributed by atoms with Gasteiger partial charge in [0.2, 0.25) is 0 Å². The Labute approximate surface area is 114 Å². The molecule has 0 spiro atoms. The summed E-state index contributed by atoms with van der Waals surface area (Å²) in [6, 6.07) is 11.4. The first-order chi connectivity index (χ1) is 9.38. The number of pyridine rings is 1. The van der Waals surface area contributed by atoms with Gasteiger partial charge in [0.05, 0.1) is 6.04 Å². The Balaban J connectivity index is 1.96. The van der Waals surface area contributed by atoms with Gasteiger partial charge >= 0.3 is 0 Å². The quantitative estimate of drug-likeness (QED) is 0.903. The standard InChI is InChI=1S/C17H20N2/c1-2-19-17(16-7-4-10-18-12-16)15-9-8-13-5-3-6-14(13)11-15/h4,7-12,17,19H,2-3,5-6H2,1H3. The number of fused-ring (bicyclic) bond motifs is 1. The zero-order chi connectivity index (χ0) is 13.1. The van der Waals surface area contributed by atoms with Crippen LogP contribution in [0.15, 0.2) is 42.7 Å². The van der Waals surface area contributed by atoms with E-state index < -0.39 is 0 Å². The minimum Gasteiger partial charge on any atom is -0.306 e. The lowest BCUT2D eigenvalue weighted by atomic mass is 9.96. The van der Waals surface area contributed by atoms with Gasteiger partial charge in [0.15, 0.2) is 0 Å². The molecule has 2 heteroatoms. The van der Waals surface area contributed by atoms with Crippen molar-refractivity contribution < 1.29 is 0 Å². The van der Waals surface area contributed by atoms with Gasteiger partial charge in [-0.25, -0.2) is 0 Å². The molecule has 0 saturated heterocycles. The largest absolute Gasteiger partial charge is 0.306 e. The number of hydrogen-bond acceptors (Lipinski definition) is 2. The van der Waals surface area contributed by atoms with E-state index in [4.69, 9.17) is 0 Å². The summed E-state index contributed by atoms with van der Waals surface area (Å²) in [4.78, 5) is 4.25. The average molecular weight is 252 g/mol. The van der Waals surface area contributed by atoms with Crippen molar-refractivity contribution in [3.05, 3.63) is 65.0 Å². The van der Waals surface area contributed by atoms with Crippen LogP contribution in [0.25, 0.3) is 0 Å². The van der Waals surface area contributed by atoms with Gasteiger partial charge in [-0.3, -0.25) is 4.98 Å². The van der Waals surface area contributed by atoms with E-state index in [1.165, 1.54) is 41.5 Å². The lowest BCUT2D eigenvalue weighted by Gasteiger charge is -2.19. The van der Waals surface area contributed by atoms with E-state index in [2.05, 4.69) is 41.5 Å². The molecule has 2 nitrogen and oxygen atoms in total. The Morgan fingerprint density at radius 1 is 1.16 bits per heavy atom. The van der Waals surface area contributed by atoms with E-state index in [0.29, 0.717) is 0 Å². The van der Waals surface area contributed by atoms with Crippen LogP contribution in [0.2, 0.25) is 0 Å². The second-order valence-electron chi connectivity index (χ2n) is 5.16. The SMILES string of the molecule is CCNC(c1cccnc1)c1ccc2c(c1)CCC2. The van der Waals surface area contributed by atoms with Gasteiger partial charge in [-0.1, -0.05) is 31.2 Å². The lowest BCUT2D eigenvalue weighted by Crippen LogP contribution is -2.22. The summed E-state index contributed by atoms with van der Waals surface area (Å²) in [7, 11) is 0. The molecule has 1 atom stereocenters. The first-order valence-electron chi connectivity index (χ1n) is 7.13. The Hall–Kier alpha value is -1.67. The molecular formula is C17H20N2. The van der Waals surface area contributed by atoms with Crippen LogP contribution in [0.3, 0.4) is 0 Å².